The van der Waals surface area contributed by atoms with E-state index in [-0.39, 0.29) is 10.8 Å². The molecule has 0 spiro atoms. The van der Waals surface area contributed by atoms with Gasteiger partial charge in [0, 0.05) is 32.0 Å². The molecule has 2 aromatic carbocycles. The Bertz CT molecular complexity index is 1060. The van der Waals surface area contributed by atoms with Gasteiger partial charge >= 0.3 is 0 Å². The molecule has 0 atom stereocenters. The van der Waals surface area contributed by atoms with Crippen LogP contribution in [0, 0.1) is 13.8 Å². The molecule has 2 nitrogen and oxygen atoms in total. The van der Waals surface area contributed by atoms with E-state index in [2.05, 4.69) is 91.8 Å². The van der Waals surface area contributed by atoms with Gasteiger partial charge in [0.25, 0.3) is 0 Å². The molecule has 0 saturated carbocycles. The van der Waals surface area contributed by atoms with Gasteiger partial charge in [-0.1, -0.05) is 53.7 Å². The summed E-state index contributed by atoms with van der Waals surface area (Å²) in [5, 5.41) is 23.0. The van der Waals surface area contributed by atoms with E-state index in [9.17, 15) is 10.2 Å². The molecule has 1 heterocycles. The topological polar surface area (TPSA) is 40.5 Å². The molecular weight excluding hydrogens is 448 g/mol. The van der Waals surface area contributed by atoms with Crippen molar-refractivity contribution in [2.75, 3.05) is 0 Å². The molecular formula is C32H44O2S. The predicted molar refractivity (Wildman–Crippen MR) is 153 cm³/mol. The minimum atomic E-state index is -0.0154. The van der Waals surface area contributed by atoms with Crippen molar-refractivity contribution >= 4 is 11.3 Å². The zero-order valence-corrected chi connectivity index (χ0v) is 23.8. The van der Waals surface area contributed by atoms with Crippen LogP contribution in [0.3, 0.4) is 0 Å². The molecule has 0 fully saturated rings. The minimum Gasteiger partial charge on any atom is -0.507 e. The molecule has 0 bridgehead atoms. The summed E-state index contributed by atoms with van der Waals surface area (Å²) >= 11 is 1.65. The molecule has 0 aliphatic rings. The molecule has 3 aromatic rings. The van der Waals surface area contributed by atoms with Gasteiger partial charge in [-0.2, -0.15) is 0 Å². The Morgan fingerprint density at radius 1 is 0.571 bits per heavy atom. The molecule has 190 valence electrons. The number of hydrogen-bond acceptors (Lipinski definition) is 3. The van der Waals surface area contributed by atoms with Gasteiger partial charge in [0.2, 0.25) is 0 Å². The normalized spacial score (nSPS) is 12.3. The number of phenolic OH excluding ortho intramolecular Hbond substituents is 2. The van der Waals surface area contributed by atoms with Gasteiger partial charge in [-0.25, -0.2) is 0 Å². The van der Waals surface area contributed by atoms with Gasteiger partial charge in [0.15, 0.2) is 0 Å². The number of aryl methyl sites for hydroxylation is 2. The van der Waals surface area contributed by atoms with Crippen molar-refractivity contribution in [2.24, 2.45) is 0 Å². The Kier molecular flexibility index (Phi) is 8.42. The smallest absolute Gasteiger partial charge is 0.127 e. The van der Waals surface area contributed by atoms with Gasteiger partial charge < -0.3 is 10.2 Å². The van der Waals surface area contributed by atoms with Crippen LogP contribution in [0.25, 0.3) is 20.9 Å². The van der Waals surface area contributed by atoms with Crippen LogP contribution in [-0.4, -0.2) is 10.2 Å². The fraction of sp³-hybridized carbons (Fsp3) is 0.500. The largest absolute Gasteiger partial charge is 0.507 e. The minimum absolute atomic E-state index is 0.0154. The Hall–Kier alpha value is -2.26. The molecule has 0 radical (unpaired) electrons. The van der Waals surface area contributed by atoms with E-state index in [0.29, 0.717) is 11.5 Å². The summed E-state index contributed by atoms with van der Waals surface area (Å²) in [7, 11) is 0. The maximum atomic E-state index is 11.5. The van der Waals surface area contributed by atoms with Crippen LogP contribution < -0.4 is 0 Å². The van der Waals surface area contributed by atoms with Gasteiger partial charge in [-0.3, -0.25) is 0 Å². The maximum absolute atomic E-state index is 11.5. The van der Waals surface area contributed by atoms with E-state index in [0.717, 1.165) is 70.5 Å². The fourth-order valence-electron chi connectivity index (χ4n) is 6.01. The molecule has 1 aromatic heterocycles. The second kappa shape index (κ2) is 10.8. The number of phenols is 2. The van der Waals surface area contributed by atoms with Gasteiger partial charge in [0.05, 0.1) is 0 Å². The highest BCUT2D eigenvalue weighted by molar-refractivity contribution is 7.18. The highest BCUT2D eigenvalue weighted by Gasteiger charge is 2.32. The third-order valence-corrected chi connectivity index (χ3v) is 10.0. The Balaban J connectivity index is 2.17. The van der Waals surface area contributed by atoms with E-state index in [1.165, 1.54) is 11.1 Å². The molecule has 0 unspecified atom stereocenters. The average Bonchev–Trinajstić information content (AvgIpc) is 3.35. The van der Waals surface area contributed by atoms with E-state index in [4.69, 9.17) is 0 Å². The molecule has 0 amide bonds. The number of thiophene rings is 1. The van der Waals surface area contributed by atoms with Crippen molar-refractivity contribution in [2.45, 2.75) is 105 Å². The molecule has 3 rings (SSSR count). The van der Waals surface area contributed by atoms with Crippen molar-refractivity contribution in [3.63, 3.8) is 0 Å². The lowest BCUT2D eigenvalue weighted by molar-refractivity contribution is 0.358. The molecule has 3 heteroatoms. The number of hydrogen-bond donors (Lipinski definition) is 2. The van der Waals surface area contributed by atoms with Crippen molar-refractivity contribution < 1.29 is 10.2 Å². The van der Waals surface area contributed by atoms with Crippen LogP contribution in [0.5, 0.6) is 11.5 Å². The molecule has 0 saturated heterocycles. The third kappa shape index (κ3) is 4.77. The summed E-state index contributed by atoms with van der Waals surface area (Å²) in [5.41, 5.74) is 6.23. The van der Waals surface area contributed by atoms with Crippen molar-refractivity contribution in [3.8, 4) is 32.4 Å². The summed E-state index contributed by atoms with van der Waals surface area (Å²) in [6.07, 6.45) is 6.00. The SMILES string of the molecule is CCC(CC)(CC)c1cc(C)cc(-c2ccc(-c3cc(C)cc(C(CC)(CC)CC)c3O)s2)c1O. The first-order valence-corrected chi connectivity index (χ1v) is 14.3. The van der Waals surface area contributed by atoms with Crippen LogP contribution >= 0.6 is 11.3 Å². The standard InChI is InChI=1S/C32H44O2S/c1-9-31(10-2,11-3)25-19-21(7)17-23(29(25)33)27-15-16-28(35-27)24-18-22(8)20-26(30(24)34)32(12-4,13-5)14-6/h15-20,33-34H,9-14H2,1-8H3. The highest BCUT2D eigenvalue weighted by atomic mass is 32.1. The lowest BCUT2D eigenvalue weighted by atomic mass is 9.72. The van der Waals surface area contributed by atoms with E-state index in [1.54, 1.807) is 11.3 Å². The Labute approximate surface area is 217 Å². The summed E-state index contributed by atoms with van der Waals surface area (Å²) < 4.78 is 0. The first kappa shape index (κ1) is 27.3. The second-order valence-corrected chi connectivity index (χ2v) is 11.3. The quantitative estimate of drug-likeness (QED) is 0.295. The number of rotatable bonds is 10. The van der Waals surface area contributed by atoms with Crippen molar-refractivity contribution in [3.05, 3.63) is 58.7 Å². The maximum Gasteiger partial charge on any atom is 0.127 e. The first-order valence-electron chi connectivity index (χ1n) is 13.4. The zero-order chi connectivity index (χ0) is 26.0. The fourth-order valence-corrected chi connectivity index (χ4v) is 7.05. The van der Waals surface area contributed by atoms with Crippen LogP contribution in [-0.2, 0) is 10.8 Å². The Morgan fingerprint density at radius 3 is 1.17 bits per heavy atom. The zero-order valence-electron chi connectivity index (χ0n) is 23.0. The summed E-state index contributed by atoms with van der Waals surface area (Å²) in [6, 6.07) is 12.7. The summed E-state index contributed by atoms with van der Waals surface area (Å²) in [4.78, 5) is 2.07. The second-order valence-electron chi connectivity index (χ2n) is 10.3. The summed E-state index contributed by atoms with van der Waals surface area (Å²) in [5.74, 6) is 0.816. The number of aromatic hydroxyl groups is 2. The molecule has 0 aliphatic carbocycles. The molecule has 2 N–H and O–H groups in total. The van der Waals surface area contributed by atoms with Crippen molar-refractivity contribution in [1.82, 2.24) is 0 Å². The number of benzene rings is 2. The van der Waals surface area contributed by atoms with Gasteiger partial charge in [-0.05, 0) is 98.6 Å². The van der Waals surface area contributed by atoms with Crippen LogP contribution in [0.2, 0.25) is 0 Å². The lowest BCUT2D eigenvalue weighted by Gasteiger charge is -2.33. The van der Waals surface area contributed by atoms with Crippen molar-refractivity contribution in [1.29, 1.82) is 0 Å². The monoisotopic (exact) mass is 492 g/mol. The van der Waals surface area contributed by atoms with E-state index in [1.807, 2.05) is 0 Å². The van der Waals surface area contributed by atoms with E-state index >= 15 is 0 Å². The lowest BCUT2D eigenvalue weighted by Crippen LogP contribution is -2.23. The van der Waals surface area contributed by atoms with E-state index < -0.39 is 0 Å². The highest BCUT2D eigenvalue weighted by Crippen LogP contribution is 2.49. The van der Waals surface area contributed by atoms with Gasteiger partial charge in [-0.15, -0.1) is 11.3 Å². The molecule has 0 aliphatic heterocycles. The van der Waals surface area contributed by atoms with Crippen LogP contribution in [0.15, 0.2) is 36.4 Å². The predicted octanol–water partition coefficient (Wildman–Crippen LogP) is 10.0. The van der Waals surface area contributed by atoms with Crippen LogP contribution in [0.1, 0.15) is 102 Å². The third-order valence-electron chi connectivity index (χ3n) is 8.85. The van der Waals surface area contributed by atoms with Crippen LogP contribution in [0.4, 0.5) is 0 Å². The first-order chi connectivity index (χ1) is 16.6. The summed E-state index contributed by atoms with van der Waals surface area (Å²) in [6.45, 7) is 17.6. The molecule has 35 heavy (non-hydrogen) atoms. The average molecular weight is 493 g/mol. The Morgan fingerprint density at radius 2 is 0.886 bits per heavy atom. The van der Waals surface area contributed by atoms with Gasteiger partial charge in [0.1, 0.15) is 11.5 Å².